The second-order valence-electron chi connectivity index (χ2n) is 5.50. The van der Waals surface area contributed by atoms with Crippen LogP contribution in [0.25, 0.3) is 0 Å². The van der Waals surface area contributed by atoms with Crippen molar-refractivity contribution in [3.8, 4) is 11.5 Å². The van der Waals surface area contributed by atoms with Gasteiger partial charge in [0.2, 0.25) is 5.91 Å². The summed E-state index contributed by atoms with van der Waals surface area (Å²) in [5.74, 6) is 2.25. The average molecular weight is 323 g/mol. The summed E-state index contributed by atoms with van der Waals surface area (Å²) in [6.07, 6.45) is 7.20. The second kappa shape index (κ2) is 8.93. The van der Waals surface area contributed by atoms with Gasteiger partial charge in [-0.2, -0.15) is 11.8 Å². The molecule has 0 radical (unpaired) electrons. The van der Waals surface area contributed by atoms with E-state index in [1.54, 1.807) is 20.3 Å². The Morgan fingerprint density at radius 2 is 2.00 bits per heavy atom. The van der Waals surface area contributed by atoms with E-state index in [0.29, 0.717) is 23.6 Å². The van der Waals surface area contributed by atoms with E-state index in [1.165, 1.54) is 32.1 Å². The second-order valence-corrected chi connectivity index (χ2v) is 6.90. The molecule has 0 heterocycles. The van der Waals surface area contributed by atoms with E-state index in [1.807, 2.05) is 23.9 Å². The van der Waals surface area contributed by atoms with E-state index in [9.17, 15) is 4.79 Å². The van der Waals surface area contributed by atoms with Crippen molar-refractivity contribution in [1.29, 1.82) is 0 Å². The first-order chi connectivity index (χ1) is 10.7. The van der Waals surface area contributed by atoms with Crippen LogP contribution in [0, 0.1) is 0 Å². The first-order valence-corrected chi connectivity index (χ1v) is 8.91. The first kappa shape index (κ1) is 17.0. The van der Waals surface area contributed by atoms with Crippen LogP contribution in [0.2, 0.25) is 0 Å². The molecule has 0 atom stereocenters. The lowest BCUT2D eigenvalue weighted by atomic mass is 10.0. The Bertz CT molecular complexity index is 487. The van der Waals surface area contributed by atoms with E-state index in [0.717, 1.165) is 11.0 Å². The maximum Gasteiger partial charge on any atom is 0.225 e. The molecule has 1 amide bonds. The predicted octanol–water partition coefficient (Wildman–Crippen LogP) is 4.10. The lowest BCUT2D eigenvalue weighted by molar-refractivity contribution is -0.115. The number of hydrogen-bond acceptors (Lipinski definition) is 4. The van der Waals surface area contributed by atoms with Crippen molar-refractivity contribution in [3.63, 3.8) is 0 Å². The van der Waals surface area contributed by atoms with Crippen molar-refractivity contribution < 1.29 is 14.3 Å². The fourth-order valence-corrected chi connectivity index (χ4v) is 3.97. The normalized spacial score (nSPS) is 15.4. The van der Waals surface area contributed by atoms with Crippen molar-refractivity contribution in [1.82, 2.24) is 0 Å². The van der Waals surface area contributed by atoms with Crippen LogP contribution in [0.4, 0.5) is 5.69 Å². The predicted molar refractivity (Wildman–Crippen MR) is 92.1 cm³/mol. The highest BCUT2D eigenvalue weighted by atomic mass is 32.2. The van der Waals surface area contributed by atoms with Crippen molar-refractivity contribution in [2.24, 2.45) is 0 Å². The van der Waals surface area contributed by atoms with Crippen LogP contribution in [-0.2, 0) is 4.79 Å². The molecular formula is C17H25NO3S. The van der Waals surface area contributed by atoms with Gasteiger partial charge < -0.3 is 14.8 Å². The fourth-order valence-electron chi connectivity index (χ4n) is 2.66. The lowest BCUT2D eigenvalue weighted by Gasteiger charge is -2.20. The van der Waals surface area contributed by atoms with Crippen molar-refractivity contribution >= 4 is 23.4 Å². The smallest absolute Gasteiger partial charge is 0.225 e. The van der Waals surface area contributed by atoms with Crippen LogP contribution in [0.3, 0.4) is 0 Å². The third-order valence-electron chi connectivity index (χ3n) is 3.92. The van der Waals surface area contributed by atoms with Gasteiger partial charge in [-0.1, -0.05) is 19.3 Å². The number of amides is 1. The minimum Gasteiger partial charge on any atom is -0.497 e. The number of rotatable bonds is 7. The average Bonchev–Trinajstić information content (AvgIpc) is 2.56. The zero-order chi connectivity index (χ0) is 15.8. The van der Waals surface area contributed by atoms with Gasteiger partial charge >= 0.3 is 0 Å². The van der Waals surface area contributed by atoms with Gasteiger partial charge in [0, 0.05) is 23.5 Å². The third kappa shape index (κ3) is 5.13. The Balaban J connectivity index is 1.78. The topological polar surface area (TPSA) is 47.6 Å². The number of benzene rings is 1. The zero-order valence-corrected chi connectivity index (χ0v) is 14.2. The first-order valence-electron chi connectivity index (χ1n) is 7.86. The number of nitrogens with one attached hydrogen (secondary N) is 1. The van der Waals surface area contributed by atoms with Crippen LogP contribution < -0.4 is 14.8 Å². The molecule has 1 aromatic carbocycles. The molecule has 0 bridgehead atoms. The number of hydrogen-bond donors (Lipinski definition) is 1. The van der Waals surface area contributed by atoms with E-state index < -0.39 is 0 Å². The van der Waals surface area contributed by atoms with Gasteiger partial charge in [0.25, 0.3) is 0 Å². The Morgan fingerprint density at radius 1 is 1.23 bits per heavy atom. The summed E-state index contributed by atoms with van der Waals surface area (Å²) in [5.41, 5.74) is 0.691. The summed E-state index contributed by atoms with van der Waals surface area (Å²) >= 11 is 1.94. The van der Waals surface area contributed by atoms with Crippen LogP contribution in [0.1, 0.15) is 38.5 Å². The minimum atomic E-state index is 0.0341. The summed E-state index contributed by atoms with van der Waals surface area (Å²) in [7, 11) is 3.19. The van der Waals surface area contributed by atoms with Crippen LogP contribution >= 0.6 is 11.8 Å². The van der Waals surface area contributed by atoms with Crippen LogP contribution in [0.15, 0.2) is 18.2 Å². The summed E-state index contributed by atoms with van der Waals surface area (Å²) in [5, 5.41) is 3.66. The summed E-state index contributed by atoms with van der Waals surface area (Å²) in [6, 6.07) is 5.39. The quantitative estimate of drug-likeness (QED) is 0.821. The van der Waals surface area contributed by atoms with E-state index in [2.05, 4.69) is 5.32 Å². The standard InChI is InChI=1S/C17H25NO3S/c1-20-13-8-9-15(16(12-13)21-2)18-17(19)10-11-22-14-6-4-3-5-7-14/h8-9,12,14H,3-7,10-11H2,1-2H3,(H,18,19). The van der Waals surface area contributed by atoms with Gasteiger partial charge in [-0.25, -0.2) is 0 Å². The molecule has 1 N–H and O–H groups in total. The summed E-state index contributed by atoms with van der Waals surface area (Å²) in [6.45, 7) is 0. The number of anilines is 1. The van der Waals surface area contributed by atoms with Crippen molar-refractivity contribution in [2.45, 2.75) is 43.8 Å². The van der Waals surface area contributed by atoms with Gasteiger partial charge in [0.15, 0.2) is 0 Å². The molecule has 0 saturated heterocycles. The van der Waals surface area contributed by atoms with Gasteiger partial charge in [-0.05, 0) is 25.0 Å². The van der Waals surface area contributed by atoms with Crippen molar-refractivity contribution in [3.05, 3.63) is 18.2 Å². The molecule has 1 fully saturated rings. The molecule has 122 valence electrons. The Labute approximate surface area is 137 Å². The molecule has 1 aliphatic carbocycles. The maximum atomic E-state index is 12.1. The molecule has 5 heteroatoms. The number of methoxy groups -OCH3 is 2. The monoisotopic (exact) mass is 323 g/mol. The Hall–Kier alpha value is -1.36. The van der Waals surface area contributed by atoms with E-state index >= 15 is 0 Å². The number of thioether (sulfide) groups is 1. The molecule has 0 aliphatic heterocycles. The molecular weight excluding hydrogens is 298 g/mol. The molecule has 1 aromatic rings. The summed E-state index contributed by atoms with van der Waals surface area (Å²) in [4.78, 5) is 12.1. The van der Waals surface area contributed by atoms with Gasteiger partial charge in [0.05, 0.1) is 19.9 Å². The summed E-state index contributed by atoms with van der Waals surface area (Å²) < 4.78 is 10.4. The van der Waals surface area contributed by atoms with Crippen LogP contribution in [0.5, 0.6) is 11.5 Å². The molecule has 1 saturated carbocycles. The number of ether oxygens (including phenoxy) is 2. The molecule has 0 spiro atoms. The highest BCUT2D eigenvalue weighted by Gasteiger charge is 2.14. The van der Waals surface area contributed by atoms with Gasteiger partial charge in [-0.3, -0.25) is 4.79 Å². The van der Waals surface area contributed by atoms with Crippen molar-refractivity contribution in [2.75, 3.05) is 25.3 Å². The zero-order valence-electron chi connectivity index (χ0n) is 13.4. The minimum absolute atomic E-state index is 0.0341. The van der Waals surface area contributed by atoms with Gasteiger partial charge in [0.1, 0.15) is 11.5 Å². The molecule has 0 aromatic heterocycles. The van der Waals surface area contributed by atoms with E-state index in [-0.39, 0.29) is 5.91 Å². The maximum absolute atomic E-state index is 12.1. The highest BCUT2D eigenvalue weighted by molar-refractivity contribution is 7.99. The number of carbonyl (C=O) groups excluding carboxylic acids is 1. The third-order valence-corrected chi connectivity index (χ3v) is 5.30. The largest absolute Gasteiger partial charge is 0.497 e. The van der Waals surface area contributed by atoms with E-state index in [4.69, 9.17) is 9.47 Å². The SMILES string of the molecule is COc1ccc(NC(=O)CCSC2CCCCC2)c(OC)c1. The molecule has 22 heavy (non-hydrogen) atoms. The lowest BCUT2D eigenvalue weighted by Crippen LogP contribution is -2.15. The molecule has 0 unspecified atom stereocenters. The van der Waals surface area contributed by atoms with Gasteiger partial charge in [-0.15, -0.1) is 0 Å². The molecule has 1 aliphatic rings. The molecule has 2 rings (SSSR count). The molecule has 4 nitrogen and oxygen atoms in total. The Kier molecular flexibility index (Phi) is 6.90. The Morgan fingerprint density at radius 3 is 2.68 bits per heavy atom. The fraction of sp³-hybridized carbons (Fsp3) is 0.588. The number of carbonyl (C=O) groups is 1. The highest BCUT2D eigenvalue weighted by Crippen LogP contribution is 2.30. The van der Waals surface area contributed by atoms with Crippen LogP contribution in [-0.4, -0.2) is 31.1 Å².